The van der Waals surface area contributed by atoms with Crippen molar-refractivity contribution in [3.8, 4) is 0 Å². The Morgan fingerprint density at radius 1 is 1.58 bits per heavy atom. The lowest BCUT2D eigenvalue weighted by molar-refractivity contribution is -0.278. The van der Waals surface area contributed by atoms with E-state index in [-0.39, 0.29) is 6.73 Å². The van der Waals surface area contributed by atoms with E-state index in [9.17, 15) is 4.79 Å². The van der Waals surface area contributed by atoms with Crippen LogP contribution in [0.25, 0.3) is 10.4 Å². The second-order valence-electron chi connectivity index (χ2n) is 3.10. The summed E-state index contributed by atoms with van der Waals surface area (Å²) in [5, 5.41) is 3.01. The second kappa shape index (κ2) is 4.58. The Morgan fingerprint density at radius 3 is 2.58 bits per heavy atom. The summed E-state index contributed by atoms with van der Waals surface area (Å²) in [7, 11) is 0. The number of azide groups is 1. The molecule has 0 aliphatic rings. The number of hydrogen-bond donors (Lipinski definition) is 0. The average molecular weight is 173 g/mol. The van der Waals surface area contributed by atoms with Crippen LogP contribution in [-0.4, -0.2) is 12.7 Å². The van der Waals surface area contributed by atoms with Gasteiger partial charge >= 0.3 is 5.97 Å². The van der Waals surface area contributed by atoms with E-state index in [0.717, 1.165) is 0 Å². The molecule has 0 unspecified atom stereocenters. The highest BCUT2D eigenvalue weighted by molar-refractivity contribution is 5.74. The zero-order chi connectivity index (χ0) is 9.61. The first-order valence-corrected chi connectivity index (χ1v) is 3.33. The van der Waals surface area contributed by atoms with Gasteiger partial charge in [-0.1, -0.05) is 5.11 Å². The maximum absolute atomic E-state index is 10.9. The smallest absolute Gasteiger partial charge is 0.298 e. The average Bonchev–Trinajstić information content (AvgIpc) is 1.96. The van der Waals surface area contributed by atoms with E-state index in [2.05, 4.69) is 19.8 Å². The first kappa shape index (κ1) is 10.7. The fourth-order valence-corrected chi connectivity index (χ4v) is 0.254. The van der Waals surface area contributed by atoms with E-state index in [1.165, 1.54) is 0 Å². The Kier molecular flexibility index (Phi) is 4.10. The summed E-state index contributed by atoms with van der Waals surface area (Å²) in [6.07, 6.45) is 0. The summed E-state index contributed by atoms with van der Waals surface area (Å²) < 4.78 is 0. The monoisotopic (exact) mass is 173 g/mol. The number of rotatable bonds is 3. The molecule has 0 fully saturated rings. The molecule has 0 N–H and O–H groups in total. The molecular weight excluding hydrogens is 162 g/mol. The maximum atomic E-state index is 10.9. The first-order valence-electron chi connectivity index (χ1n) is 3.33. The van der Waals surface area contributed by atoms with E-state index >= 15 is 0 Å². The lowest BCUT2D eigenvalue weighted by atomic mass is 9.98. The molecule has 0 aromatic rings. The predicted molar refractivity (Wildman–Crippen MR) is 40.6 cm³/mol. The van der Waals surface area contributed by atoms with Gasteiger partial charge in [-0.3, -0.25) is 4.89 Å². The van der Waals surface area contributed by atoms with E-state index in [0.29, 0.717) is 0 Å². The first-order chi connectivity index (χ1) is 5.48. The van der Waals surface area contributed by atoms with Crippen LogP contribution in [0.3, 0.4) is 0 Å². The van der Waals surface area contributed by atoms with Gasteiger partial charge in [0.15, 0.2) is 6.73 Å². The molecular formula is C6H11N3O3. The van der Waals surface area contributed by atoms with Gasteiger partial charge in [-0.25, -0.2) is 4.79 Å². The van der Waals surface area contributed by atoms with Crippen molar-refractivity contribution in [2.45, 2.75) is 20.8 Å². The van der Waals surface area contributed by atoms with E-state index in [4.69, 9.17) is 5.53 Å². The largest absolute Gasteiger partial charge is 0.347 e. The minimum absolute atomic E-state index is 0.307. The van der Waals surface area contributed by atoms with Crippen LogP contribution >= 0.6 is 0 Å². The SMILES string of the molecule is CC(C)(C)C(=O)OOCN=[N+]=[N-]. The van der Waals surface area contributed by atoms with Crippen LogP contribution in [0.1, 0.15) is 20.8 Å². The standard InChI is InChI=1S/C6H11N3O3/c1-6(2,3)5(10)12-11-4-8-9-7/h4H2,1-3H3. The summed E-state index contributed by atoms with van der Waals surface area (Å²) >= 11 is 0. The van der Waals surface area contributed by atoms with Gasteiger partial charge in [-0.15, -0.1) is 0 Å². The van der Waals surface area contributed by atoms with Crippen molar-refractivity contribution < 1.29 is 14.6 Å². The molecule has 0 aromatic heterocycles. The van der Waals surface area contributed by atoms with Crippen molar-refractivity contribution >= 4 is 5.97 Å². The van der Waals surface area contributed by atoms with E-state index in [1.54, 1.807) is 20.8 Å². The van der Waals surface area contributed by atoms with Gasteiger partial charge in [0.05, 0.1) is 5.41 Å². The van der Waals surface area contributed by atoms with Crippen molar-refractivity contribution in [3.05, 3.63) is 10.4 Å². The lowest BCUT2D eigenvalue weighted by Crippen LogP contribution is -2.23. The van der Waals surface area contributed by atoms with Crippen molar-refractivity contribution in [3.63, 3.8) is 0 Å². The maximum Gasteiger partial charge on any atom is 0.347 e. The summed E-state index contributed by atoms with van der Waals surface area (Å²) in [5.41, 5.74) is 7.21. The van der Waals surface area contributed by atoms with Gasteiger partial charge in [-0.05, 0) is 26.3 Å². The lowest BCUT2D eigenvalue weighted by Gasteiger charge is -2.13. The van der Waals surface area contributed by atoms with Crippen LogP contribution in [0.5, 0.6) is 0 Å². The quantitative estimate of drug-likeness (QED) is 0.163. The van der Waals surface area contributed by atoms with Crippen molar-refractivity contribution in [2.24, 2.45) is 10.5 Å². The van der Waals surface area contributed by atoms with Crippen molar-refractivity contribution in [1.29, 1.82) is 0 Å². The highest BCUT2D eigenvalue weighted by atomic mass is 17.2. The summed E-state index contributed by atoms with van der Waals surface area (Å²) in [6.45, 7) is 4.75. The van der Waals surface area contributed by atoms with Gasteiger partial charge in [-0.2, -0.15) is 4.89 Å². The molecule has 0 amide bonds. The molecule has 0 saturated carbocycles. The van der Waals surface area contributed by atoms with Gasteiger partial charge < -0.3 is 0 Å². The van der Waals surface area contributed by atoms with Crippen LogP contribution in [0.4, 0.5) is 0 Å². The third-order valence-corrected chi connectivity index (χ3v) is 0.921. The van der Waals surface area contributed by atoms with Crippen LogP contribution in [0.15, 0.2) is 5.11 Å². The van der Waals surface area contributed by atoms with Crippen LogP contribution in [0.2, 0.25) is 0 Å². The number of nitrogens with zero attached hydrogens (tertiary/aromatic N) is 3. The molecule has 0 aromatic carbocycles. The Hall–Kier alpha value is -1.26. The fraction of sp³-hybridized carbons (Fsp3) is 0.833. The van der Waals surface area contributed by atoms with E-state index < -0.39 is 11.4 Å². The third-order valence-electron chi connectivity index (χ3n) is 0.921. The molecule has 6 heteroatoms. The Labute approximate surface area is 70.0 Å². The molecule has 0 rings (SSSR count). The van der Waals surface area contributed by atoms with Gasteiger partial charge in [0.2, 0.25) is 0 Å². The topological polar surface area (TPSA) is 84.3 Å². The molecule has 12 heavy (non-hydrogen) atoms. The highest BCUT2D eigenvalue weighted by Crippen LogP contribution is 2.14. The molecule has 6 nitrogen and oxygen atoms in total. The van der Waals surface area contributed by atoms with Gasteiger partial charge in [0, 0.05) is 4.91 Å². The van der Waals surface area contributed by atoms with Crippen LogP contribution in [-0.2, 0) is 14.6 Å². The van der Waals surface area contributed by atoms with Crippen molar-refractivity contribution in [2.75, 3.05) is 6.73 Å². The van der Waals surface area contributed by atoms with E-state index in [1.807, 2.05) is 0 Å². The molecule has 0 heterocycles. The Balaban J connectivity index is 3.65. The molecule has 0 radical (unpaired) electrons. The molecule has 0 saturated heterocycles. The number of carbonyl (C=O) groups is 1. The summed E-state index contributed by atoms with van der Waals surface area (Å²) in [5.74, 6) is -0.504. The van der Waals surface area contributed by atoms with Gasteiger partial charge in [0.25, 0.3) is 0 Å². The van der Waals surface area contributed by atoms with Crippen molar-refractivity contribution in [1.82, 2.24) is 0 Å². The predicted octanol–water partition coefficient (Wildman–Crippen LogP) is 1.78. The molecule has 0 bridgehead atoms. The Bertz CT molecular complexity index is 203. The minimum Gasteiger partial charge on any atom is -0.298 e. The molecule has 0 aliphatic heterocycles. The molecule has 68 valence electrons. The van der Waals surface area contributed by atoms with Gasteiger partial charge in [0.1, 0.15) is 0 Å². The third kappa shape index (κ3) is 4.54. The fourth-order valence-electron chi connectivity index (χ4n) is 0.254. The zero-order valence-corrected chi connectivity index (χ0v) is 7.27. The molecule has 0 atom stereocenters. The van der Waals surface area contributed by atoms with Crippen LogP contribution < -0.4 is 0 Å². The second-order valence-corrected chi connectivity index (χ2v) is 3.10. The normalized spacial score (nSPS) is 10.2. The molecule has 0 spiro atoms. The van der Waals surface area contributed by atoms with Crippen LogP contribution in [0, 0.1) is 5.41 Å². The zero-order valence-electron chi connectivity index (χ0n) is 7.27. The Morgan fingerprint density at radius 2 is 2.17 bits per heavy atom. The molecule has 0 aliphatic carbocycles. The number of hydrogen-bond acceptors (Lipinski definition) is 4. The minimum atomic E-state index is -0.615. The number of carbonyl (C=O) groups excluding carboxylic acids is 1. The highest BCUT2D eigenvalue weighted by Gasteiger charge is 2.23. The summed E-state index contributed by atoms with van der Waals surface area (Å²) in [6, 6.07) is 0. The summed E-state index contributed by atoms with van der Waals surface area (Å²) in [4.78, 5) is 21.9.